The van der Waals surface area contributed by atoms with Crippen LogP contribution in [-0.4, -0.2) is 28.0 Å². The van der Waals surface area contributed by atoms with Gasteiger partial charge >= 0.3 is 5.97 Å². The van der Waals surface area contributed by atoms with E-state index in [0.29, 0.717) is 27.2 Å². The average Bonchev–Trinajstić information content (AvgIpc) is 3.19. The molecule has 2 aromatic rings. The maximum absolute atomic E-state index is 13.2. The number of benzene rings is 2. The van der Waals surface area contributed by atoms with Crippen molar-refractivity contribution < 1.29 is 18.7 Å². The van der Waals surface area contributed by atoms with Gasteiger partial charge in [0.05, 0.1) is 29.8 Å². The zero-order chi connectivity index (χ0) is 25.1. The predicted molar refractivity (Wildman–Crippen MR) is 136 cm³/mol. The Bertz CT molecular complexity index is 1240. The quantitative estimate of drug-likeness (QED) is 0.480. The summed E-state index contributed by atoms with van der Waals surface area (Å²) in [7, 11) is 0. The van der Waals surface area contributed by atoms with Crippen molar-refractivity contribution in [3.63, 3.8) is 0 Å². The monoisotopic (exact) mass is 513 g/mol. The van der Waals surface area contributed by atoms with Crippen molar-refractivity contribution in [3.8, 4) is 0 Å². The van der Waals surface area contributed by atoms with E-state index in [1.807, 2.05) is 28.5 Å². The van der Waals surface area contributed by atoms with E-state index in [1.165, 1.54) is 23.9 Å². The number of thioether (sulfide) groups is 1. The highest BCUT2D eigenvalue weighted by Crippen LogP contribution is 2.46. The number of nitrogens with zero attached hydrogens (tertiary/aromatic N) is 2. The Labute approximate surface area is 212 Å². The van der Waals surface area contributed by atoms with Crippen molar-refractivity contribution in [3.05, 3.63) is 92.9 Å². The van der Waals surface area contributed by atoms with Crippen LogP contribution in [0.5, 0.6) is 0 Å². The number of allylic oxidation sites excluding steroid dienone is 1. The van der Waals surface area contributed by atoms with Crippen LogP contribution in [0.1, 0.15) is 44.4 Å². The molecule has 2 aliphatic heterocycles. The lowest BCUT2D eigenvalue weighted by Gasteiger charge is -2.36. The van der Waals surface area contributed by atoms with Gasteiger partial charge in [0.25, 0.3) is 0 Å². The highest BCUT2D eigenvalue weighted by atomic mass is 35.5. The number of amidine groups is 1. The summed E-state index contributed by atoms with van der Waals surface area (Å²) in [6.07, 6.45) is -0.236. The number of carbonyl (C=O) groups excluding carboxylic acids is 2. The van der Waals surface area contributed by atoms with Crippen LogP contribution in [0.4, 0.5) is 4.39 Å². The predicted octanol–water partition coefficient (Wildman–Crippen LogP) is 5.71. The second kappa shape index (κ2) is 10.7. The summed E-state index contributed by atoms with van der Waals surface area (Å²) < 4.78 is 18.7. The van der Waals surface area contributed by atoms with Crippen LogP contribution in [0.25, 0.3) is 0 Å². The van der Waals surface area contributed by atoms with Crippen LogP contribution in [0.2, 0.25) is 5.02 Å². The zero-order valence-electron chi connectivity index (χ0n) is 19.5. The van der Waals surface area contributed by atoms with Crippen LogP contribution < -0.4 is 5.32 Å². The topological polar surface area (TPSA) is 71.0 Å². The molecule has 1 amide bonds. The first-order valence-corrected chi connectivity index (χ1v) is 12.4. The molecule has 35 heavy (non-hydrogen) atoms. The standard InChI is InChI=1S/C26H25ClFN3O3S/c1-15(2)34-25(33)23-16(3)30-26-31(24(23)20-6-4-5-7-21(20)27)19(14-35-26)12-22(32)29-13-17-8-10-18(28)11-9-17/h4-11,14-15,24H,12-13H2,1-3H3,(H,29,32)/t24-/m1/s1. The van der Waals surface area contributed by atoms with Crippen LogP contribution in [0.3, 0.4) is 0 Å². The molecule has 1 atom stereocenters. The van der Waals surface area contributed by atoms with Crippen LogP contribution >= 0.6 is 23.4 Å². The SMILES string of the molecule is CC1=C(C(=O)OC(C)C)[C@@H](c2ccccc2Cl)N2C(CC(=O)NCc3ccc(F)cc3)=CSC2=N1. The summed E-state index contributed by atoms with van der Waals surface area (Å²) in [4.78, 5) is 32.5. The number of amides is 1. The van der Waals surface area contributed by atoms with Gasteiger partial charge in [-0.2, -0.15) is 0 Å². The van der Waals surface area contributed by atoms with Gasteiger partial charge in [-0.25, -0.2) is 14.2 Å². The molecular formula is C26H25ClFN3O3S. The summed E-state index contributed by atoms with van der Waals surface area (Å²) in [5, 5.41) is 5.89. The molecule has 6 nitrogen and oxygen atoms in total. The number of rotatable bonds is 7. The largest absolute Gasteiger partial charge is 0.459 e. The smallest absolute Gasteiger partial charge is 0.338 e. The Morgan fingerprint density at radius 3 is 2.60 bits per heavy atom. The third-order valence-corrected chi connectivity index (χ3v) is 6.74. The maximum atomic E-state index is 13.2. The first kappa shape index (κ1) is 25.0. The molecule has 1 N–H and O–H groups in total. The number of carbonyl (C=O) groups is 2. The average molecular weight is 514 g/mol. The molecule has 0 saturated carbocycles. The van der Waals surface area contributed by atoms with Crippen molar-refractivity contribution in [2.75, 3.05) is 0 Å². The van der Waals surface area contributed by atoms with Crippen molar-refractivity contribution in [2.45, 2.75) is 45.9 Å². The first-order valence-electron chi connectivity index (χ1n) is 11.2. The lowest BCUT2D eigenvalue weighted by Crippen LogP contribution is -2.38. The fourth-order valence-electron chi connectivity index (χ4n) is 3.93. The Morgan fingerprint density at radius 2 is 1.91 bits per heavy atom. The molecule has 9 heteroatoms. The number of halogens is 2. The number of ether oxygens (including phenoxy) is 1. The molecule has 0 radical (unpaired) electrons. The maximum Gasteiger partial charge on any atom is 0.338 e. The van der Waals surface area contributed by atoms with Gasteiger partial charge in [0.15, 0.2) is 5.17 Å². The second-order valence-corrected chi connectivity index (χ2v) is 9.69. The van der Waals surface area contributed by atoms with Gasteiger partial charge in [0, 0.05) is 17.3 Å². The van der Waals surface area contributed by atoms with Gasteiger partial charge in [0.2, 0.25) is 5.91 Å². The molecule has 2 aromatic carbocycles. The molecule has 0 spiro atoms. The van der Waals surface area contributed by atoms with E-state index in [9.17, 15) is 14.0 Å². The summed E-state index contributed by atoms with van der Waals surface area (Å²) in [6, 6.07) is 12.7. The Kier molecular flexibility index (Phi) is 7.62. The molecule has 2 heterocycles. The van der Waals surface area contributed by atoms with Crippen molar-refractivity contribution in [1.29, 1.82) is 0 Å². The molecule has 0 bridgehead atoms. The molecular weight excluding hydrogens is 489 g/mol. The number of nitrogens with one attached hydrogen (secondary N) is 1. The van der Waals surface area contributed by atoms with E-state index in [4.69, 9.17) is 16.3 Å². The van der Waals surface area contributed by atoms with Crippen LogP contribution in [-0.2, 0) is 20.9 Å². The van der Waals surface area contributed by atoms with Crippen LogP contribution in [0.15, 0.2) is 75.9 Å². The minimum absolute atomic E-state index is 0.0692. The normalized spacial score (nSPS) is 17.2. The summed E-state index contributed by atoms with van der Waals surface area (Å²) in [5.74, 6) is -1.01. The van der Waals surface area contributed by atoms with E-state index < -0.39 is 12.0 Å². The third-order valence-electron chi connectivity index (χ3n) is 5.51. The zero-order valence-corrected chi connectivity index (χ0v) is 21.1. The number of esters is 1. The first-order chi connectivity index (χ1) is 16.7. The third kappa shape index (κ3) is 5.60. The van der Waals surface area contributed by atoms with Gasteiger partial charge in [0.1, 0.15) is 5.82 Å². The molecule has 4 rings (SSSR count). The van der Waals surface area contributed by atoms with Gasteiger partial charge < -0.3 is 15.0 Å². The Balaban J connectivity index is 1.61. The molecule has 0 saturated heterocycles. The number of hydrogen-bond acceptors (Lipinski definition) is 6. The molecule has 0 fully saturated rings. The van der Waals surface area contributed by atoms with E-state index >= 15 is 0 Å². The highest BCUT2D eigenvalue weighted by Gasteiger charge is 2.42. The van der Waals surface area contributed by atoms with Crippen molar-refractivity contribution >= 4 is 40.4 Å². The molecule has 0 unspecified atom stereocenters. The number of aliphatic imine (C=N–C) groups is 1. The van der Waals surface area contributed by atoms with Crippen LogP contribution in [0, 0.1) is 5.82 Å². The number of hydrogen-bond donors (Lipinski definition) is 1. The fraction of sp³-hybridized carbons (Fsp3) is 0.269. The second-order valence-electron chi connectivity index (χ2n) is 8.45. The highest BCUT2D eigenvalue weighted by molar-refractivity contribution is 8.16. The molecule has 182 valence electrons. The Hall–Kier alpha value is -3.10. The van der Waals surface area contributed by atoms with E-state index in [1.54, 1.807) is 39.0 Å². The van der Waals surface area contributed by atoms with E-state index in [0.717, 1.165) is 11.1 Å². The van der Waals surface area contributed by atoms with Gasteiger partial charge in [-0.15, -0.1) is 0 Å². The van der Waals surface area contributed by atoms with Crippen molar-refractivity contribution in [2.24, 2.45) is 4.99 Å². The van der Waals surface area contributed by atoms with Gasteiger partial charge in [-0.05, 0) is 55.5 Å². The lowest BCUT2D eigenvalue weighted by atomic mass is 9.93. The van der Waals surface area contributed by atoms with E-state index in [2.05, 4.69) is 10.3 Å². The molecule has 0 aromatic heterocycles. The van der Waals surface area contributed by atoms with Crippen molar-refractivity contribution in [1.82, 2.24) is 10.2 Å². The lowest BCUT2D eigenvalue weighted by molar-refractivity contribution is -0.143. The summed E-state index contributed by atoms with van der Waals surface area (Å²) in [5.41, 5.74) is 3.14. The summed E-state index contributed by atoms with van der Waals surface area (Å²) in [6.45, 7) is 5.63. The minimum Gasteiger partial charge on any atom is -0.459 e. The molecule has 0 aliphatic carbocycles. The summed E-state index contributed by atoms with van der Waals surface area (Å²) >= 11 is 7.97. The number of fused-ring (bicyclic) bond motifs is 1. The van der Waals surface area contributed by atoms with Gasteiger partial charge in [-0.3, -0.25) is 4.79 Å². The Morgan fingerprint density at radius 1 is 1.20 bits per heavy atom. The minimum atomic E-state index is -0.589. The fourth-order valence-corrected chi connectivity index (χ4v) is 5.13. The van der Waals surface area contributed by atoms with E-state index in [-0.39, 0.29) is 30.8 Å². The van der Waals surface area contributed by atoms with Gasteiger partial charge in [-0.1, -0.05) is 53.7 Å². The molecule has 2 aliphatic rings.